The van der Waals surface area contributed by atoms with Gasteiger partial charge in [-0.1, -0.05) is 13.0 Å². The van der Waals surface area contributed by atoms with Crippen molar-refractivity contribution in [2.45, 2.75) is 82.4 Å². The summed E-state index contributed by atoms with van der Waals surface area (Å²) >= 11 is 0. The number of aliphatic hydroxyl groups excluding tert-OH is 1. The van der Waals surface area contributed by atoms with Gasteiger partial charge in [-0.3, -0.25) is 9.68 Å². The number of hydrogen-bond donors (Lipinski definition) is 2. The number of hydrogen-bond acceptors (Lipinski definition) is 7. The third-order valence-corrected chi connectivity index (χ3v) is 9.01. The van der Waals surface area contributed by atoms with Crippen LogP contribution in [0.5, 0.6) is 0 Å². The summed E-state index contributed by atoms with van der Waals surface area (Å²) in [5.74, 6) is -4.26. The molecule has 0 aromatic heterocycles. The van der Waals surface area contributed by atoms with Crippen molar-refractivity contribution in [1.82, 2.24) is 0 Å². The molecule has 1 aliphatic heterocycles. The second-order valence-corrected chi connectivity index (χ2v) is 10.8. The first-order valence-electron chi connectivity index (χ1n) is 11.0. The fourth-order valence-electron chi connectivity index (χ4n) is 7.72. The molecule has 4 aliphatic carbocycles. The van der Waals surface area contributed by atoms with Crippen molar-refractivity contribution >= 4 is 11.8 Å². The molecule has 4 fully saturated rings. The Morgan fingerprint density at radius 1 is 1.22 bits per heavy atom. The van der Waals surface area contributed by atoms with Crippen LogP contribution in [0.4, 0.5) is 8.78 Å². The van der Waals surface area contributed by atoms with Crippen molar-refractivity contribution in [2.75, 3.05) is 0 Å². The maximum Gasteiger partial charge on any atom is 0.376 e. The van der Waals surface area contributed by atoms with E-state index in [9.17, 15) is 20.0 Å². The summed E-state index contributed by atoms with van der Waals surface area (Å²) in [4.78, 5) is 29.0. The van der Waals surface area contributed by atoms with E-state index in [1.165, 1.54) is 19.1 Å². The number of fused-ring (bicyclic) bond motifs is 7. The highest BCUT2D eigenvalue weighted by Gasteiger charge is 2.81. The van der Waals surface area contributed by atoms with E-state index in [-0.39, 0.29) is 24.8 Å². The fraction of sp³-hybridized carbons (Fsp3) is 0.739. The largest absolute Gasteiger partial charge is 0.390 e. The number of allylic oxidation sites excluding steroid dienone is 4. The van der Waals surface area contributed by atoms with Crippen molar-refractivity contribution in [2.24, 2.45) is 22.7 Å². The Morgan fingerprint density at radius 2 is 1.91 bits per heavy atom. The highest BCUT2D eigenvalue weighted by Crippen LogP contribution is 2.72. The maximum absolute atomic E-state index is 17.1. The van der Waals surface area contributed by atoms with Gasteiger partial charge in [0.2, 0.25) is 5.60 Å². The number of aliphatic hydroxyl groups is 1. The van der Waals surface area contributed by atoms with Crippen LogP contribution in [-0.2, 0) is 24.0 Å². The summed E-state index contributed by atoms with van der Waals surface area (Å²) in [6.07, 6.45) is -0.628. The molecule has 1 saturated heterocycles. The van der Waals surface area contributed by atoms with E-state index in [4.69, 9.17) is 9.47 Å². The van der Waals surface area contributed by atoms with Crippen molar-refractivity contribution < 1.29 is 43.1 Å². The smallest absolute Gasteiger partial charge is 0.376 e. The standard InChI is InChI=1S/C23H28F2O7/c1-19(2)30-17-9-12-13-8-15(24)14-7-11(26)5-6-20(14,3)22(13,25)16(27)10-21(12,4)23(17,32-19)18(28)31-29/h5-7,12-13,15-17,27,29H,8-10H2,1-4H3/t12-,13-,15-,16-,17-,20-,21-,22-,23-/m0/s1. The van der Waals surface area contributed by atoms with Gasteiger partial charge in [-0.05, 0) is 63.7 Å². The second kappa shape index (κ2) is 6.25. The van der Waals surface area contributed by atoms with Crippen molar-refractivity contribution in [1.29, 1.82) is 0 Å². The first kappa shape index (κ1) is 22.1. The summed E-state index contributed by atoms with van der Waals surface area (Å²) in [5, 5.41) is 20.6. The lowest BCUT2D eigenvalue weighted by Gasteiger charge is -2.62. The van der Waals surface area contributed by atoms with Gasteiger partial charge in [0.05, 0.1) is 6.10 Å². The third-order valence-electron chi connectivity index (χ3n) is 9.01. The molecule has 0 amide bonds. The summed E-state index contributed by atoms with van der Waals surface area (Å²) in [6.45, 7) is 6.43. The number of ketones is 1. The molecule has 9 atom stereocenters. The van der Waals surface area contributed by atoms with Crippen LogP contribution in [0.3, 0.4) is 0 Å². The molecule has 9 heteroatoms. The second-order valence-electron chi connectivity index (χ2n) is 10.8. The Bertz CT molecular complexity index is 962. The normalized spacial score (nSPS) is 53.1. The average molecular weight is 454 g/mol. The SMILES string of the molecule is CC1(C)O[C@H]2C[C@H]3[C@@H]4C[C@H](F)C5=CC(=O)C=C[C@]5(C)[C@@]4(F)[C@@H](O)C[C@]3(C)[C@]2(C(=O)OO)O1. The van der Waals surface area contributed by atoms with Crippen LogP contribution in [0.2, 0.25) is 0 Å². The summed E-state index contributed by atoms with van der Waals surface area (Å²) < 4.78 is 44.6. The quantitative estimate of drug-likeness (QED) is 0.464. The Labute approximate surface area is 184 Å². The number of halogens is 2. The molecule has 5 rings (SSSR count). The molecule has 0 bridgehead atoms. The molecule has 0 aromatic carbocycles. The molecule has 3 saturated carbocycles. The zero-order valence-electron chi connectivity index (χ0n) is 18.4. The van der Waals surface area contributed by atoms with Crippen LogP contribution >= 0.6 is 0 Å². The molecular formula is C23H28F2O7. The molecule has 1 heterocycles. The van der Waals surface area contributed by atoms with E-state index in [1.54, 1.807) is 20.8 Å². The van der Waals surface area contributed by atoms with Crippen molar-refractivity contribution in [3.05, 3.63) is 23.8 Å². The predicted molar refractivity (Wildman–Crippen MR) is 106 cm³/mol. The van der Waals surface area contributed by atoms with Gasteiger partial charge >= 0.3 is 5.97 Å². The van der Waals surface area contributed by atoms with Gasteiger partial charge in [-0.2, -0.15) is 5.26 Å². The zero-order valence-corrected chi connectivity index (χ0v) is 18.4. The number of rotatable bonds is 1. The van der Waals surface area contributed by atoms with E-state index < -0.39 is 69.9 Å². The lowest BCUT2D eigenvalue weighted by Crippen LogP contribution is -2.71. The number of alkyl halides is 2. The van der Waals surface area contributed by atoms with Crippen molar-refractivity contribution in [3.63, 3.8) is 0 Å². The third kappa shape index (κ3) is 2.28. The Kier molecular flexibility index (Phi) is 4.32. The number of carbonyl (C=O) groups excluding carboxylic acids is 2. The lowest BCUT2D eigenvalue weighted by molar-refractivity contribution is -0.285. The first-order chi connectivity index (χ1) is 14.8. The van der Waals surface area contributed by atoms with E-state index in [0.29, 0.717) is 0 Å². The van der Waals surface area contributed by atoms with Gasteiger partial charge < -0.3 is 14.6 Å². The van der Waals surface area contributed by atoms with E-state index >= 15 is 8.78 Å². The van der Waals surface area contributed by atoms with Crippen molar-refractivity contribution in [3.8, 4) is 0 Å². The summed E-state index contributed by atoms with van der Waals surface area (Å²) in [6, 6.07) is 0. The molecule has 5 aliphatic rings. The Morgan fingerprint density at radius 3 is 2.56 bits per heavy atom. The van der Waals surface area contributed by atoms with Crippen LogP contribution in [0, 0.1) is 22.7 Å². The summed E-state index contributed by atoms with van der Waals surface area (Å²) in [7, 11) is 0. The minimum absolute atomic E-state index is 0.0303. The van der Waals surface area contributed by atoms with Crippen LogP contribution in [0.25, 0.3) is 0 Å². The van der Waals surface area contributed by atoms with E-state index in [1.807, 2.05) is 0 Å². The first-order valence-corrected chi connectivity index (χ1v) is 11.0. The maximum atomic E-state index is 17.1. The monoisotopic (exact) mass is 454 g/mol. The Balaban J connectivity index is 1.66. The van der Waals surface area contributed by atoms with Gasteiger partial charge in [0.1, 0.15) is 12.3 Å². The van der Waals surface area contributed by atoms with Gasteiger partial charge in [-0.15, -0.1) is 0 Å². The number of carbonyl (C=O) groups is 2. The molecule has 32 heavy (non-hydrogen) atoms. The lowest BCUT2D eigenvalue weighted by atomic mass is 9.44. The molecule has 176 valence electrons. The van der Waals surface area contributed by atoms with Crippen LogP contribution in [-0.4, -0.2) is 57.6 Å². The van der Waals surface area contributed by atoms with Crippen LogP contribution < -0.4 is 0 Å². The molecule has 7 nitrogen and oxygen atoms in total. The van der Waals surface area contributed by atoms with Crippen LogP contribution in [0.1, 0.15) is 47.0 Å². The van der Waals surface area contributed by atoms with E-state index in [2.05, 4.69) is 4.89 Å². The van der Waals surface area contributed by atoms with Crippen LogP contribution in [0.15, 0.2) is 23.8 Å². The van der Waals surface area contributed by atoms with E-state index in [0.717, 1.165) is 6.08 Å². The average Bonchev–Trinajstić information content (AvgIpc) is 3.11. The molecule has 2 N–H and O–H groups in total. The zero-order chi connectivity index (χ0) is 23.5. The molecule has 0 radical (unpaired) electrons. The van der Waals surface area contributed by atoms with Gasteiger partial charge in [0.25, 0.3) is 0 Å². The molecule has 0 unspecified atom stereocenters. The van der Waals surface area contributed by atoms with Gasteiger partial charge in [0.15, 0.2) is 17.2 Å². The molecule has 0 aromatic rings. The highest BCUT2D eigenvalue weighted by atomic mass is 19.1. The molecular weight excluding hydrogens is 426 g/mol. The minimum Gasteiger partial charge on any atom is -0.390 e. The summed E-state index contributed by atoms with van der Waals surface area (Å²) in [5.41, 5.74) is -6.74. The van der Waals surface area contributed by atoms with Gasteiger partial charge in [0, 0.05) is 16.7 Å². The topological polar surface area (TPSA) is 102 Å². The number of ether oxygens (including phenoxy) is 2. The Hall–Kier alpha value is -1.68. The predicted octanol–water partition coefficient (Wildman–Crippen LogP) is 2.82. The minimum atomic E-state index is -2.28. The molecule has 0 spiro atoms. The highest BCUT2D eigenvalue weighted by molar-refractivity contribution is 6.01. The fourth-order valence-corrected chi connectivity index (χ4v) is 7.72. The van der Waals surface area contributed by atoms with Gasteiger partial charge in [-0.25, -0.2) is 13.6 Å².